The summed E-state index contributed by atoms with van der Waals surface area (Å²) in [5.41, 5.74) is 0. The zero-order valence-corrected chi connectivity index (χ0v) is 9.79. The standard InChI is InChI=1S/C11H15N3S/c1-9(2)14-6-5-12-11(14)13-8-10-4-3-7-15-10/h3-7,9H,8H2,1-2H3,(H,12,13). The number of nitrogens with zero attached hydrogens (tertiary/aromatic N) is 2. The fraction of sp³-hybridized carbons (Fsp3) is 0.364. The van der Waals surface area contributed by atoms with E-state index in [4.69, 9.17) is 0 Å². The van der Waals surface area contributed by atoms with Crippen molar-refractivity contribution in [3.8, 4) is 0 Å². The van der Waals surface area contributed by atoms with Crippen LogP contribution < -0.4 is 5.32 Å². The molecule has 80 valence electrons. The highest BCUT2D eigenvalue weighted by Gasteiger charge is 2.04. The van der Waals surface area contributed by atoms with E-state index in [0.29, 0.717) is 6.04 Å². The quantitative estimate of drug-likeness (QED) is 0.859. The van der Waals surface area contributed by atoms with Crippen LogP contribution in [0.4, 0.5) is 5.95 Å². The third-order valence-corrected chi connectivity index (χ3v) is 3.10. The lowest BCUT2D eigenvalue weighted by atomic mass is 10.4. The fourth-order valence-electron chi connectivity index (χ4n) is 1.45. The van der Waals surface area contributed by atoms with Crippen molar-refractivity contribution in [2.45, 2.75) is 26.4 Å². The Balaban J connectivity index is 2.02. The predicted molar refractivity (Wildman–Crippen MR) is 64.3 cm³/mol. The number of aromatic nitrogens is 2. The van der Waals surface area contributed by atoms with Crippen molar-refractivity contribution in [1.82, 2.24) is 9.55 Å². The maximum atomic E-state index is 4.29. The Kier molecular flexibility index (Phi) is 3.06. The summed E-state index contributed by atoms with van der Waals surface area (Å²) in [7, 11) is 0. The fourth-order valence-corrected chi connectivity index (χ4v) is 2.09. The van der Waals surface area contributed by atoms with Crippen LogP contribution in [0.3, 0.4) is 0 Å². The number of rotatable bonds is 4. The topological polar surface area (TPSA) is 29.9 Å². The summed E-state index contributed by atoms with van der Waals surface area (Å²) >= 11 is 1.76. The summed E-state index contributed by atoms with van der Waals surface area (Å²) in [6, 6.07) is 4.63. The summed E-state index contributed by atoms with van der Waals surface area (Å²) in [6.07, 6.45) is 3.83. The van der Waals surface area contributed by atoms with Gasteiger partial charge in [0.1, 0.15) is 0 Å². The monoisotopic (exact) mass is 221 g/mol. The summed E-state index contributed by atoms with van der Waals surface area (Å²) in [4.78, 5) is 5.62. The van der Waals surface area contributed by atoms with Gasteiger partial charge < -0.3 is 9.88 Å². The molecule has 2 rings (SSSR count). The minimum atomic E-state index is 0.443. The number of nitrogens with one attached hydrogen (secondary N) is 1. The Bertz CT molecular complexity index is 403. The van der Waals surface area contributed by atoms with Crippen molar-refractivity contribution >= 4 is 17.3 Å². The van der Waals surface area contributed by atoms with Crippen molar-refractivity contribution in [2.24, 2.45) is 0 Å². The van der Waals surface area contributed by atoms with Gasteiger partial charge in [0.2, 0.25) is 5.95 Å². The average molecular weight is 221 g/mol. The van der Waals surface area contributed by atoms with E-state index in [0.717, 1.165) is 12.5 Å². The lowest BCUT2D eigenvalue weighted by molar-refractivity contribution is 0.605. The van der Waals surface area contributed by atoms with Crippen LogP contribution in [0, 0.1) is 0 Å². The molecule has 1 N–H and O–H groups in total. The third kappa shape index (κ3) is 2.39. The first-order valence-electron chi connectivity index (χ1n) is 5.06. The Morgan fingerprint density at radius 3 is 3.07 bits per heavy atom. The molecule has 0 aromatic carbocycles. The van der Waals surface area contributed by atoms with Gasteiger partial charge in [-0.05, 0) is 25.3 Å². The second kappa shape index (κ2) is 4.49. The van der Waals surface area contributed by atoms with Crippen LogP contribution in [0.1, 0.15) is 24.8 Å². The van der Waals surface area contributed by atoms with E-state index in [9.17, 15) is 0 Å². The molecule has 0 aliphatic heterocycles. The van der Waals surface area contributed by atoms with Crippen LogP contribution in [0.2, 0.25) is 0 Å². The van der Waals surface area contributed by atoms with Crippen molar-refractivity contribution in [2.75, 3.05) is 5.32 Å². The molecule has 2 heterocycles. The first kappa shape index (κ1) is 10.2. The van der Waals surface area contributed by atoms with Crippen LogP contribution >= 0.6 is 11.3 Å². The van der Waals surface area contributed by atoms with Crippen molar-refractivity contribution in [3.63, 3.8) is 0 Å². The zero-order chi connectivity index (χ0) is 10.7. The van der Waals surface area contributed by atoms with Gasteiger partial charge in [-0.25, -0.2) is 4.98 Å². The normalized spacial score (nSPS) is 10.9. The molecule has 0 atom stereocenters. The Labute approximate surface area is 93.8 Å². The van der Waals surface area contributed by atoms with Crippen LogP contribution in [0.15, 0.2) is 29.9 Å². The molecule has 2 aromatic rings. The van der Waals surface area contributed by atoms with Gasteiger partial charge in [-0.15, -0.1) is 11.3 Å². The van der Waals surface area contributed by atoms with E-state index >= 15 is 0 Å². The molecule has 0 saturated carbocycles. The largest absolute Gasteiger partial charge is 0.351 e. The maximum absolute atomic E-state index is 4.29. The number of hydrogen-bond acceptors (Lipinski definition) is 3. The molecule has 0 amide bonds. The number of hydrogen-bond donors (Lipinski definition) is 1. The molecule has 0 bridgehead atoms. The van der Waals surface area contributed by atoms with Crippen molar-refractivity contribution < 1.29 is 0 Å². The minimum Gasteiger partial charge on any atom is -0.351 e. The zero-order valence-electron chi connectivity index (χ0n) is 8.97. The van der Waals surface area contributed by atoms with Crippen molar-refractivity contribution in [1.29, 1.82) is 0 Å². The Morgan fingerprint density at radius 2 is 2.40 bits per heavy atom. The predicted octanol–water partition coefficient (Wildman–Crippen LogP) is 3.14. The highest BCUT2D eigenvalue weighted by molar-refractivity contribution is 7.09. The van der Waals surface area contributed by atoms with Gasteiger partial charge in [-0.2, -0.15) is 0 Å². The van der Waals surface area contributed by atoms with E-state index in [1.165, 1.54) is 4.88 Å². The SMILES string of the molecule is CC(C)n1ccnc1NCc1cccs1. The molecule has 0 radical (unpaired) electrons. The Hall–Kier alpha value is -1.29. The second-order valence-electron chi connectivity index (χ2n) is 3.68. The van der Waals surface area contributed by atoms with E-state index in [-0.39, 0.29) is 0 Å². The van der Waals surface area contributed by atoms with Gasteiger partial charge in [0.25, 0.3) is 0 Å². The molecule has 0 spiro atoms. The van der Waals surface area contributed by atoms with E-state index in [2.05, 4.69) is 46.2 Å². The molecule has 0 unspecified atom stereocenters. The van der Waals surface area contributed by atoms with Gasteiger partial charge >= 0.3 is 0 Å². The molecular formula is C11H15N3S. The molecular weight excluding hydrogens is 206 g/mol. The molecule has 4 heteroatoms. The summed E-state index contributed by atoms with van der Waals surface area (Å²) in [5.74, 6) is 0.943. The van der Waals surface area contributed by atoms with Gasteiger partial charge in [0.15, 0.2) is 0 Å². The number of thiophene rings is 1. The van der Waals surface area contributed by atoms with Crippen LogP contribution in [0.5, 0.6) is 0 Å². The van der Waals surface area contributed by atoms with E-state index < -0.39 is 0 Å². The summed E-state index contributed by atoms with van der Waals surface area (Å²) in [6.45, 7) is 5.15. The highest BCUT2D eigenvalue weighted by atomic mass is 32.1. The smallest absolute Gasteiger partial charge is 0.203 e. The van der Waals surface area contributed by atoms with Gasteiger partial charge in [0, 0.05) is 23.3 Å². The van der Waals surface area contributed by atoms with Crippen molar-refractivity contribution in [3.05, 3.63) is 34.8 Å². The van der Waals surface area contributed by atoms with Crippen LogP contribution in [0.25, 0.3) is 0 Å². The van der Waals surface area contributed by atoms with Gasteiger partial charge in [-0.3, -0.25) is 0 Å². The number of imidazole rings is 1. The third-order valence-electron chi connectivity index (χ3n) is 2.23. The molecule has 0 aliphatic carbocycles. The molecule has 0 aliphatic rings. The Morgan fingerprint density at radius 1 is 1.53 bits per heavy atom. The lowest BCUT2D eigenvalue weighted by Crippen LogP contribution is -2.08. The summed E-state index contributed by atoms with van der Waals surface area (Å²) < 4.78 is 2.13. The molecule has 0 saturated heterocycles. The average Bonchev–Trinajstić information content (AvgIpc) is 2.86. The lowest BCUT2D eigenvalue weighted by Gasteiger charge is -2.11. The highest BCUT2D eigenvalue weighted by Crippen LogP contribution is 2.15. The maximum Gasteiger partial charge on any atom is 0.203 e. The van der Waals surface area contributed by atoms with E-state index in [1.807, 2.05) is 12.4 Å². The van der Waals surface area contributed by atoms with Gasteiger partial charge in [-0.1, -0.05) is 6.07 Å². The molecule has 0 fully saturated rings. The molecule has 3 nitrogen and oxygen atoms in total. The molecule has 2 aromatic heterocycles. The minimum absolute atomic E-state index is 0.443. The molecule has 15 heavy (non-hydrogen) atoms. The van der Waals surface area contributed by atoms with Crippen LogP contribution in [-0.4, -0.2) is 9.55 Å². The van der Waals surface area contributed by atoms with Gasteiger partial charge in [0.05, 0.1) is 6.54 Å². The summed E-state index contributed by atoms with van der Waals surface area (Å²) in [5, 5.41) is 5.43. The second-order valence-corrected chi connectivity index (χ2v) is 4.72. The first-order chi connectivity index (χ1) is 7.27. The van der Waals surface area contributed by atoms with Crippen LogP contribution in [-0.2, 0) is 6.54 Å². The number of anilines is 1. The first-order valence-corrected chi connectivity index (χ1v) is 5.94. The van der Waals surface area contributed by atoms with E-state index in [1.54, 1.807) is 11.3 Å².